The number of anilines is 1. The van der Waals surface area contributed by atoms with Gasteiger partial charge in [0.2, 0.25) is 0 Å². The molecule has 0 aromatic heterocycles. The highest BCUT2D eigenvalue weighted by atomic mass is 16.2. The van der Waals surface area contributed by atoms with Crippen LogP contribution in [-0.2, 0) is 9.59 Å². The molecule has 1 saturated heterocycles. The number of hydrogen-bond acceptors (Lipinski definition) is 3. The third kappa shape index (κ3) is 7.44. The summed E-state index contributed by atoms with van der Waals surface area (Å²) in [6, 6.07) is 5.87. The summed E-state index contributed by atoms with van der Waals surface area (Å²) in [6.45, 7) is 12.3. The molecule has 1 heterocycles. The van der Waals surface area contributed by atoms with E-state index in [0.29, 0.717) is 11.0 Å². The van der Waals surface area contributed by atoms with Crippen molar-refractivity contribution < 1.29 is 19.2 Å². The zero-order valence-corrected chi connectivity index (χ0v) is 19.5. The molecule has 6 nitrogen and oxygen atoms in total. The number of likely N-dealkylation sites (tertiary alicyclic amines) is 1. The van der Waals surface area contributed by atoms with E-state index in [1.165, 1.54) is 0 Å². The molecule has 1 fully saturated rings. The van der Waals surface area contributed by atoms with Crippen LogP contribution in [0.4, 0.5) is 5.69 Å². The Kier molecular flexibility index (Phi) is 13.2. The maximum atomic E-state index is 13.2. The minimum Gasteiger partial charge on any atom is -0.400 e. The van der Waals surface area contributed by atoms with Crippen molar-refractivity contribution in [3.63, 3.8) is 0 Å². The number of rotatable bonds is 6. The Morgan fingerprint density at radius 1 is 1.14 bits per heavy atom. The van der Waals surface area contributed by atoms with Crippen molar-refractivity contribution in [3.8, 4) is 0 Å². The summed E-state index contributed by atoms with van der Waals surface area (Å²) < 4.78 is 0.576. The zero-order valence-electron chi connectivity index (χ0n) is 19.5. The zero-order chi connectivity index (χ0) is 22.4. The van der Waals surface area contributed by atoms with Crippen LogP contribution < -0.4 is 10.6 Å². The van der Waals surface area contributed by atoms with Crippen molar-refractivity contribution >= 4 is 17.5 Å². The first-order valence-electron chi connectivity index (χ1n) is 10.8. The van der Waals surface area contributed by atoms with Crippen molar-refractivity contribution in [2.24, 2.45) is 0 Å². The van der Waals surface area contributed by atoms with Gasteiger partial charge in [0.05, 0.1) is 13.1 Å². The molecule has 29 heavy (non-hydrogen) atoms. The Morgan fingerprint density at radius 3 is 2.24 bits per heavy atom. The van der Waals surface area contributed by atoms with E-state index in [9.17, 15) is 9.59 Å². The lowest BCUT2D eigenvalue weighted by Gasteiger charge is -2.46. The van der Waals surface area contributed by atoms with Crippen LogP contribution in [0, 0.1) is 13.8 Å². The molecule has 2 atom stereocenters. The fourth-order valence-corrected chi connectivity index (χ4v) is 4.14. The number of benzene rings is 1. The quantitative estimate of drug-likeness (QED) is 0.631. The first-order chi connectivity index (χ1) is 13.9. The Hall–Kier alpha value is -1.92. The monoisotopic (exact) mass is 408 g/mol. The van der Waals surface area contributed by atoms with E-state index in [1.54, 1.807) is 7.05 Å². The van der Waals surface area contributed by atoms with Gasteiger partial charge in [0, 0.05) is 26.3 Å². The maximum Gasteiger partial charge on any atom is 0.282 e. The average Bonchev–Trinajstić information content (AvgIpc) is 2.74. The number of para-hydroxylation sites is 1. The molecule has 1 aliphatic heterocycles. The Morgan fingerprint density at radius 2 is 1.72 bits per heavy atom. The SMILES string of the molecule is CC.CCC[N+]1(CC(=O)NC)CCCCC1C(=O)Nc1c(C)cccc1C.CO. The third-order valence-corrected chi connectivity index (χ3v) is 5.43. The van der Waals surface area contributed by atoms with Crippen LogP contribution in [0.2, 0.25) is 0 Å². The molecule has 0 bridgehead atoms. The second-order valence-corrected chi connectivity index (χ2v) is 7.26. The summed E-state index contributed by atoms with van der Waals surface area (Å²) in [5, 5.41) is 12.9. The molecular formula is C23H42N3O3+. The summed E-state index contributed by atoms with van der Waals surface area (Å²) in [6.07, 6.45) is 3.92. The second-order valence-electron chi connectivity index (χ2n) is 7.26. The van der Waals surface area contributed by atoms with E-state index in [-0.39, 0.29) is 17.9 Å². The number of carbonyl (C=O) groups is 2. The van der Waals surface area contributed by atoms with Gasteiger partial charge in [-0.1, -0.05) is 39.0 Å². The highest BCUT2D eigenvalue weighted by molar-refractivity contribution is 5.95. The summed E-state index contributed by atoms with van der Waals surface area (Å²) in [7, 11) is 2.67. The number of piperidine rings is 1. The largest absolute Gasteiger partial charge is 0.400 e. The number of quaternary nitrogens is 1. The lowest BCUT2D eigenvalue weighted by Crippen LogP contribution is -2.65. The molecular weight excluding hydrogens is 366 g/mol. The van der Waals surface area contributed by atoms with E-state index < -0.39 is 0 Å². The molecule has 1 aromatic rings. The Labute approximate surface area is 177 Å². The predicted molar refractivity (Wildman–Crippen MR) is 121 cm³/mol. The van der Waals surface area contributed by atoms with Gasteiger partial charge in [-0.05, 0) is 44.2 Å². The molecule has 1 aliphatic rings. The van der Waals surface area contributed by atoms with Gasteiger partial charge in [0.15, 0.2) is 12.6 Å². The summed E-state index contributed by atoms with van der Waals surface area (Å²) in [5.74, 6) is 0.0645. The van der Waals surface area contributed by atoms with Crippen LogP contribution in [0.15, 0.2) is 18.2 Å². The van der Waals surface area contributed by atoms with E-state index in [1.807, 2.05) is 45.9 Å². The molecule has 6 heteroatoms. The molecule has 3 N–H and O–H groups in total. The number of aliphatic hydroxyl groups is 1. The Balaban J connectivity index is 0.00000184. The average molecular weight is 409 g/mol. The molecule has 166 valence electrons. The number of aliphatic hydroxyl groups excluding tert-OH is 1. The molecule has 2 amide bonds. The van der Waals surface area contributed by atoms with Gasteiger partial charge in [-0.15, -0.1) is 0 Å². The van der Waals surface area contributed by atoms with Gasteiger partial charge in [0.1, 0.15) is 0 Å². The van der Waals surface area contributed by atoms with Crippen molar-refractivity contribution in [3.05, 3.63) is 29.3 Å². The highest BCUT2D eigenvalue weighted by Crippen LogP contribution is 2.29. The molecule has 0 radical (unpaired) electrons. The van der Waals surface area contributed by atoms with Gasteiger partial charge in [-0.2, -0.15) is 0 Å². The fraction of sp³-hybridized carbons (Fsp3) is 0.652. The minimum absolute atomic E-state index is 0.0141. The highest BCUT2D eigenvalue weighted by Gasteiger charge is 2.44. The van der Waals surface area contributed by atoms with Crippen molar-refractivity contribution in [2.75, 3.05) is 39.1 Å². The molecule has 1 aromatic carbocycles. The molecule has 0 spiro atoms. The van der Waals surface area contributed by atoms with E-state index in [2.05, 4.69) is 17.6 Å². The first kappa shape index (κ1) is 27.1. The molecule has 0 aliphatic carbocycles. The lowest BCUT2D eigenvalue weighted by molar-refractivity contribution is -0.940. The van der Waals surface area contributed by atoms with Crippen molar-refractivity contribution in [1.29, 1.82) is 0 Å². The van der Waals surface area contributed by atoms with Crippen LogP contribution in [0.3, 0.4) is 0 Å². The van der Waals surface area contributed by atoms with Gasteiger partial charge in [-0.3, -0.25) is 9.59 Å². The summed E-state index contributed by atoms with van der Waals surface area (Å²) in [4.78, 5) is 25.3. The maximum absolute atomic E-state index is 13.2. The predicted octanol–water partition coefficient (Wildman–Crippen LogP) is 3.40. The van der Waals surface area contributed by atoms with Crippen molar-refractivity contribution in [2.45, 2.75) is 66.3 Å². The lowest BCUT2D eigenvalue weighted by atomic mass is 9.96. The van der Waals surface area contributed by atoms with Crippen LogP contribution in [0.1, 0.15) is 57.6 Å². The Bertz CT molecular complexity index is 610. The van der Waals surface area contributed by atoms with Gasteiger partial charge >= 0.3 is 0 Å². The molecule has 2 unspecified atom stereocenters. The second kappa shape index (κ2) is 14.1. The van der Waals surface area contributed by atoms with Crippen LogP contribution >= 0.6 is 0 Å². The number of likely N-dealkylation sites (N-methyl/N-ethyl adjacent to an activating group) is 1. The number of hydrogen-bond donors (Lipinski definition) is 3. The van der Waals surface area contributed by atoms with E-state index in [0.717, 1.165) is 62.7 Å². The van der Waals surface area contributed by atoms with E-state index in [4.69, 9.17) is 5.11 Å². The normalized spacial score (nSPS) is 20.3. The summed E-state index contributed by atoms with van der Waals surface area (Å²) in [5.41, 5.74) is 3.06. The van der Waals surface area contributed by atoms with Gasteiger partial charge < -0.3 is 20.2 Å². The third-order valence-electron chi connectivity index (χ3n) is 5.43. The van der Waals surface area contributed by atoms with Crippen LogP contribution in [-0.4, -0.2) is 61.2 Å². The van der Waals surface area contributed by atoms with Gasteiger partial charge in [0.25, 0.3) is 11.8 Å². The van der Waals surface area contributed by atoms with Gasteiger partial charge in [-0.25, -0.2) is 0 Å². The first-order valence-corrected chi connectivity index (χ1v) is 10.8. The smallest absolute Gasteiger partial charge is 0.282 e. The number of amides is 2. The summed E-state index contributed by atoms with van der Waals surface area (Å²) >= 11 is 0. The molecule has 2 rings (SSSR count). The molecule has 0 saturated carbocycles. The standard InChI is InChI=1S/C20H31N3O2.C2H6.CH4O/c1-5-12-23(14-18(24)21-4)13-7-6-11-17(23)20(25)22-19-15(2)9-8-10-16(19)3;2*1-2/h8-10,17H,5-7,11-14H2,1-4H3,(H-,21,22,24,25);1-2H3;2H,1H3/p+1. The van der Waals surface area contributed by atoms with E-state index >= 15 is 0 Å². The minimum atomic E-state index is -0.162. The van der Waals surface area contributed by atoms with Crippen molar-refractivity contribution in [1.82, 2.24) is 5.32 Å². The topological polar surface area (TPSA) is 78.4 Å². The number of nitrogens with one attached hydrogen (secondary N) is 2. The number of aryl methyl sites for hydroxylation is 2. The van der Waals surface area contributed by atoms with Crippen LogP contribution in [0.5, 0.6) is 0 Å². The number of nitrogens with zero attached hydrogens (tertiary/aromatic N) is 1. The number of carbonyl (C=O) groups excluding carboxylic acids is 2. The fourth-order valence-electron chi connectivity index (χ4n) is 4.14. The van der Waals surface area contributed by atoms with Crippen LogP contribution in [0.25, 0.3) is 0 Å².